The highest BCUT2D eigenvalue weighted by atomic mass is 16.4. The average molecular weight is 370 g/mol. The molecular weight excluding hydrogens is 336 g/mol. The molecule has 150 valence electrons. The molecule has 0 amide bonds. The summed E-state index contributed by atoms with van der Waals surface area (Å²) < 4.78 is 0. The van der Waals surface area contributed by atoms with E-state index >= 15 is 0 Å². The normalized spacial score (nSPS) is 63.9. The van der Waals surface area contributed by atoms with Crippen molar-refractivity contribution in [3.05, 3.63) is 0 Å². The first-order valence-corrected chi connectivity index (χ1v) is 9.94. The van der Waals surface area contributed by atoms with E-state index in [0.717, 1.165) is 0 Å². The SMILES string of the molecule is CC1(C)[C@H](O)C[C@@H]2[C@](C)(O)[C@H]3CC[C@@H]4[C@H](O)[C@@]3(C[C@@H](O)[C@@]21O)C[C@@]4(C)O. The third-order valence-corrected chi connectivity index (χ3v) is 9.26. The van der Waals surface area contributed by atoms with Gasteiger partial charge in [0.25, 0.3) is 0 Å². The highest BCUT2D eigenvalue weighted by Gasteiger charge is 2.76. The van der Waals surface area contributed by atoms with Crippen LogP contribution in [0.1, 0.15) is 59.8 Å². The van der Waals surface area contributed by atoms with Gasteiger partial charge < -0.3 is 30.6 Å². The molecule has 4 aliphatic rings. The Morgan fingerprint density at radius 3 is 2.04 bits per heavy atom. The number of hydrogen-bond acceptors (Lipinski definition) is 6. The van der Waals surface area contributed by atoms with Crippen LogP contribution in [-0.4, -0.2) is 65.8 Å². The molecule has 0 unspecified atom stereocenters. The Morgan fingerprint density at radius 2 is 1.42 bits per heavy atom. The lowest BCUT2D eigenvalue weighted by atomic mass is 9.57. The Kier molecular flexibility index (Phi) is 3.69. The Bertz CT molecular complexity index is 615. The summed E-state index contributed by atoms with van der Waals surface area (Å²) in [5.74, 6) is -1.34. The molecule has 2 bridgehead atoms. The van der Waals surface area contributed by atoms with Gasteiger partial charge in [-0.2, -0.15) is 0 Å². The van der Waals surface area contributed by atoms with Crippen LogP contribution < -0.4 is 0 Å². The predicted molar refractivity (Wildman–Crippen MR) is 94.0 cm³/mol. The topological polar surface area (TPSA) is 121 Å². The summed E-state index contributed by atoms with van der Waals surface area (Å²) in [5, 5.41) is 67.1. The van der Waals surface area contributed by atoms with Crippen molar-refractivity contribution in [2.24, 2.45) is 28.6 Å². The molecule has 4 aliphatic carbocycles. The maximum absolute atomic E-state index is 11.7. The molecule has 4 fully saturated rings. The van der Waals surface area contributed by atoms with Crippen molar-refractivity contribution < 1.29 is 30.6 Å². The van der Waals surface area contributed by atoms with Crippen LogP contribution in [0.15, 0.2) is 0 Å². The molecule has 4 rings (SSSR count). The van der Waals surface area contributed by atoms with Crippen LogP contribution in [0.25, 0.3) is 0 Å². The van der Waals surface area contributed by atoms with E-state index in [1.807, 2.05) is 0 Å². The Balaban J connectivity index is 1.89. The fourth-order valence-electron chi connectivity index (χ4n) is 7.80. The molecule has 6 nitrogen and oxygen atoms in total. The van der Waals surface area contributed by atoms with Gasteiger partial charge in [0.1, 0.15) is 5.60 Å². The first kappa shape index (κ1) is 19.1. The second-order valence-corrected chi connectivity index (χ2v) is 10.7. The summed E-state index contributed by atoms with van der Waals surface area (Å²) in [5.41, 5.74) is -5.91. The van der Waals surface area contributed by atoms with Gasteiger partial charge in [0.15, 0.2) is 0 Å². The van der Waals surface area contributed by atoms with E-state index in [1.54, 1.807) is 27.7 Å². The average Bonchev–Trinajstić information content (AvgIpc) is 2.72. The molecule has 26 heavy (non-hydrogen) atoms. The zero-order chi connectivity index (χ0) is 19.5. The summed E-state index contributed by atoms with van der Waals surface area (Å²) in [6, 6.07) is 0. The first-order valence-electron chi connectivity index (χ1n) is 9.94. The van der Waals surface area contributed by atoms with E-state index in [4.69, 9.17) is 0 Å². The fourth-order valence-corrected chi connectivity index (χ4v) is 7.80. The molecule has 1 spiro atoms. The maximum Gasteiger partial charge on any atom is 0.104 e. The highest BCUT2D eigenvalue weighted by Crippen LogP contribution is 2.69. The molecule has 10 atom stereocenters. The number of rotatable bonds is 0. The molecule has 6 N–H and O–H groups in total. The van der Waals surface area contributed by atoms with Crippen LogP contribution in [0, 0.1) is 28.6 Å². The van der Waals surface area contributed by atoms with Gasteiger partial charge in [0, 0.05) is 22.7 Å². The Hall–Kier alpha value is -0.240. The third-order valence-electron chi connectivity index (χ3n) is 9.26. The summed E-state index contributed by atoms with van der Waals surface area (Å²) >= 11 is 0. The largest absolute Gasteiger partial charge is 0.392 e. The molecule has 0 radical (unpaired) electrons. The van der Waals surface area contributed by atoms with Crippen LogP contribution in [0.3, 0.4) is 0 Å². The lowest BCUT2D eigenvalue weighted by Gasteiger charge is -2.51. The minimum atomic E-state index is -1.66. The maximum atomic E-state index is 11.7. The summed E-state index contributed by atoms with van der Waals surface area (Å²) in [6.07, 6.45) is -1.01. The van der Waals surface area contributed by atoms with Crippen molar-refractivity contribution in [1.82, 2.24) is 0 Å². The Labute approximate surface area is 154 Å². The van der Waals surface area contributed by atoms with Gasteiger partial charge in [-0.05, 0) is 51.9 Å². The van der Waals surface area contributed by atoms with Crippen LogP contribution in [0.5, 0.6) is 0 Å². The van der Waals surface area contributed by atoms with Gasteiger partial charge in [-0.25, -0.2) is 0 Å². The number of hydrogen-bond donors (Lipinski definition) is 6. The molecule has 0 heterocycles. The van der Waals surface area contributed by atoms with Crippen molar-refractivity contribution in [2.45, 2.75) is 94.9 Å². The van der Waals surface area contributed by atoms with Crippen molar-refractivity contribution in [3.8, 4) is 0 Å². The van der Waals surface area contributed by atoms with Crippen LogP contribution in [0.4, 0.5) is 0 Å². The zero-order valence-corrected chi connectivity index (χ0v) is 16.2. The van der Waals surface area contributed by atoms with E-state index < -0.39 is 51.9 Å². The van der Waals surface area contributed by atoms with Gasteiger partial charge in [0.2, 0.25) is 0 Å². The van der Waals surface area contributed by atoms with E-state index in [1.165, 1.54) is 0 Å². The molecule has 0 aromatic carbocycles. The Morgan fingerprint density at radius 1 is 0.808 bits per heavy atom. The molecule has 6 heteroatoms. The number of aliphatic hydroxyl groups excluding tert-OH is 3. The minimum absolute atomic E-state index is 0.116. The number of aliphatic hydroxyl groups is 6. The van der Waals surface area contributed by atoms with Gasteiger partial charge in [-0.1, -0.05) is 13.8 Å². The molecule has 0 aliphatic heterocycles. The summed E-state index contributed by atoms with van der Waals surface area (Å²) in [6.45, 7) is 6.87. The van der Waals surface area contributed by atoms with Crippen LogP contribution in [0.2, 0.25) is 0 Å². The van der Waals surface area contributed by atoms with E-state index in [-0.39, 0.29) is 24.7 Å². The quantitative estimate of drug-likeness (QED) is 0.361. The van der Waals surface area contributed by atoms with Gasteiger partial charge in [-0.3, -0.25) is 0 Å². The molecular formula is C20H34O6. The zero-order valence-electron chi connectivity index (χ0n) is 16.2. The first-order chi connectivity index (χ1) is 11.7. The van der Waals surface area contributed by atoms with Crippen molar-refractivity contribution >= 4 is 0 Å². The lowest BCUT2D eigenvalue weighted by molar-refractivity contribution is -0.201. The lowest BCUT2D eigenvalue weighted by Crippen LogP contribution is -2.60. The molecule has 0 aromatic rings. The van der Waals surface area contributed by atoms with E-state index in [0.29, 0.717) is 19.3 Å². The third kappa shape index (κ3) is 1.89. The van der Waals surface area contributed by atoms with Crippen molar-refractivity contribution in [1.29, 1.82) is 0 Å². The van der Waals surface area contributed by atoms with Crippen molar-refractivity contribution in [3.63, 3.8) is 0 Å². The predicted octanol–water partition coefficient (Wildman–Crippen LogP) is 0.168. The smallest absolute Gasteiger partial charge is 0.104 e. The number of fused-ring (bicyclic) bond motifs is 2. The van der Waals surface area contributed by atoms with Crippen LogP contribution >= 0.6 is 0 Å². The minimum Gasteiger partial charge on any atom is -0.392 e. The summed E-state index contributed by atoms with van der Waals surface area (Å²) in [7, 11) is 0. The van der Waals surface area contributed by atoms with Crippen molar-refractivity contribution in [2.75, 3.05) is 0 Å². The standard InChI is InChI=1S/C20H34O6/c1-16(2)13(21)7-12-18(4,25)11-6-5-10-15(23)19(11,9-17(10,3)24)8-14(22)20(12,16)26/h10-15,21-26H,5-9H2,1-4H3/t10-,11-,12-,13-,14-,15+,17-,18-,19+,20+/m1/s1. The van der Waals surface area contributed by atoms with E-state index in [2.05, 4.69) is 0 Å². The second-order valence-electron chi connectivity index (χ2n) is 10.7. The molecule has 0 saturated heterocycles. The van der Waals surface area contributed by atoms with Gasteiger partial charge in [-0.15, -0.1) is 0 Å². The van der Waals surface area contributed by atoms with Crippen LogP contribution in [-0.2, 0) is 0 Å². The fraction of sp³-hybridized carbons (Fsp3) is 1.00. The molecule has 4 saturated carbocycles. The highest BCUT2D eigenvalue weighted by molar-refractivity contribution is 5.25. The second kappa shape index (κ2) is 5.02. The van der Waals surface area contributed by atoms with E-state index in [9.17, 15) is 30.6 Å². The van der Waals surface area contributed by atoms with Gasteiger partial charge >= 0.3 is 0 Å². The van der Waals surface area contributed by atoms with Gasteiger partial charge in [0.05, 0.1) is 29.5 Å². The monoisotopic (exact) mass is 370 g/mol. The molecule has 0 aromatic heterocycles. The summed E-state index contributed by atoms with van der Waals surface area (Å²) in [4.78, 5) is 0.